The lowest BCUT2D eigenvalue weighted by atomic mass is 9.85. The lowest BCUT2D eigenvalue weighted by molar-refractivity contribution is 0.304. The lowest BCUT2D eigenvalue weighted by Gasteiger charge is -2.25. The molecule has 0 aliphatic heterocycles. The molecule has 1 aromatic carbocycles. The molecule has 108 valence electrons. The largest absolute Gasteiger partial charge is 0.399 e. The van der Waals surface area contributed by atoms with Crippen LogP contribution in [0.3, 0.4) is 0 Å². The second-order valence-corrected chi connectivity index (χ2v) is 6.03. The van der Waals surface area contributed by atoms with Gasteiger partial charge in [-0.1, -0.05) is 27.7 Å². The molecule has 0 fully saturated rings. The number of nitrogens with two attached hydrogens (primary N) is 1. The molecule has 4 nitrogen and oxygen atoms in total. The molecule has 0 saturated heterocycles. The van der Waals surface area contributed by atoms with Crippen LogP contribution in [0.1, 0.15) is 27.7 Å². The van der Waals surface area contributed by atoms with E-state index in [-0.39, 0.29) is 0 Å². The Kier molecular flexibility index (Phi) is 4.42. The number of benzene rings is 1. The third kappa shape index (κ3) is 3.18. The number of nitrogens with zero attached hydrogens (tertiary/aromatic N) is 2. The van der Waals surface area contributed by atoms with E-state index in [4.69, 9.17) is 5.73 Å². The summed E-state index contributed by atoms with van der Waals surface area (Å²) in [4.78, 5) is 8.63. The number of aromatic nitrogens is 2. The van der Waals surface area contributed by atoms with Crippen LogP contribution >= 0.6 is 0 Å². The highest BCUT2D eigenvalue weighted by molar-refractivity contribution is 5.91. The first-order valence-corrected chi connectivity index (χ1v) is 7.23. The Bertz CT molecular complexity index is 570. The Labute approximate surface area is 120 Å². The van der Waals surface area contributed by atoms with Crippen molar-refractivity contribution in [2.24, 2.45) is 17.8 Å². The number of hydrogen-bond acceptors (Lipinski definition) is 4. The first kappa shape index (κ1) is 14.6. The van der Waals surface area contributed by atoms with E-state index >= 15 is 0 Å². The molecule has 0 saturated carbocycles. The number of anilines is 2. The van der Waals surface area contributed by atoms with E-state index < -0.39 is 0 Å². The van der Waals surface area contributed by atoms with Gasteiger partial charge in [-0.3, -0.25) is 0 Å². The molecule has 0 atom stereocenters. The van der Waals surface area contributed by atoms with E-state index in [1.165, 1.54) is 0 Å². The van der Waals surface area contributed by atoms with Gasteiger partial charge in [0.15, 0.2) is 0 Å². The van der Waals surface area contributed by atoms with Gasteiger partial charge in [0, 0.05) is 17.6 Å². The minimum Gasteiger partial charge on any atom is -0.399 e. The van der Waals surface area contributed by atoms with Crippen molar-refractivity contribution in [3.8, 4) is 0 Å². The summed E-state index contributed by atoms with van der Waals surface area (Å²) < 4.78 is 0. The van der Waals surface area contributed by atoms with Gasteiger partial charge in [-0.2, -0.15) is 0 Å². The summed E-state index contributed by atoms with van der Waals surface area (Å²) in [6.45, 7) is 9.98. The zero-order chi connectivity index (χ0) is 14.7. The molecule has 0 bridgehead atoms. The maximum absolute atomic E-state index is 5.86. The summed E-state index contributed by atoms with van der Waals surface area (Å²) in [7, 11) is 0. The van der Waals surface area contributed by atoms with Crippen molar-refractivity contribution >= 4 is 22.4 Å². The molecule has 2 rings (SSSR count). The highest BCUT2D eigenvalue weighted by Crippen LogP contribution is 2.24. The molecule has 0 amide bonds. The van der Waals surface area contributed by atoms with Crippen molar-refractivity contribution in [1.29, 1.82) is 0 Å². The first-order valence-electron chi connectivity index (χ1n) is 7.23. The molecule has 1 aromatic heterocycles. The van der Waals surface area contributed by atoms with Crippen molar-refractivity contribution in [3.63, 3.8) is 0 Å². The van der Waals surface area contributed by atoms with Crippen molar-refractivity contribution in [3.05, 3.63) is 24.5 Å². The van der Waals surface area contributed by atoms with Gasteiger partial charge in [-0.25, -0.2) is 9.97 Å². The first-order chi connectivity index (χ1) is 9.49. The molecule has 0 unspecified atom stereocenters. The SMILES string of the molecule is CC(C)C(CNc1ncnc2ccc(N)cc12)C(C)C. The summed E-state index contributed by atoms with van der Waals surface area (Å²) >= 11 is 0. The fraction of sp³-hybridized carbons (Fsp3) is 0.500. The van der Waals surface area contributed by atoms with Gasteiger partial charge >= 0.3 is 0 Å². The quantitative estimate of drug-likeness (QED) is 0.817. The Balaban J connectivity index is 2.23. The normalized spacial score (nSPS) is 11.8. The highest BCUT2D eigenvalue weighted by atomic mass is 15.0. The fourth-order valence-electron chi connectivity index (χ4n) is 2.67. The molecular formula is C16H24N4. The van der Waals surface area contributed by atoms with Gasteiger partial charge < -0.3 is 11.1 Å². The molecule has 4 heteroatoms. The van der Waals surface area contributed by atoms with Crippen LogP contribution in [0.4, 0.5) is 11.5 Å². The lowest BCUT2D eigenvalue weighted by Crippen LogP contribution is -2.25. The third-order valence-electron chi connectivity index (χ3n) is 3.88. The summed E-state index contributed by atoms with van der Waals surface area (Å²) in [5, 5.41) is 4.46. The maximum atomic E-state index is 5.86. The monoisotopic (exact) mass is 272 g/mol. The molecular weight excluding hydrogens is 248 g/mol. The third-order valence-corrected chi connectivity index (χ3v) is 3.88. The van der Waals surface area contributed by atoms with Crippen LogP contribution in [-0.4, -0.2) is 16.5 Å². The smallest absolute Gasteiger partial charge is 0.137 e. The Morgan fingerprint density at radius 2 is 1.80 bits per heavy atom. The average molecular weight is 272 g/mol. The minimum absolute atomic E-state index is 0.612. The molecule has 0 aliphatic carbocycles. The van der Waals surface area contributed by atoms with E-state index in [0.29, 0.717) is 17.8 Å². The molecule has 1 heterocycles. The highest BCUT2D eigenvalue weighted by Gasteiger charge is 2.17. The van der Waals surface area contributed by atoms with Crippen LogP contribution in [0.2, 0.25) is 0 Å². The summed E-state index contributed by atoms with van der Waals surface area (Å²) in [6, 6.07) is 5.72. The topological polar surface area (TPSA) is 63.8 Å². The molecule has 20 heavy (non-hydrogen) atoms. The Morgan fingerprint density at radius 1 is 1.10 bits per heavy atom. The van der Waals surface area contributed by atoms with E-state index in [1.54, 1.807) is 6.33 Å². The molecule has 0 aliphatic rings. The maximum Gasteiger partial charge on any atom is 0.137 e. The summed E-state index contributed by atoms with van der Waals surface area (Å²) in [6.07, 6.45) is 1.60. The fourth-order valence-corrected chi connectivity index (χ4v) is 2.67. The van der Waals surface area contributed by atoms with Crippen molar-refractivity contribution in [1.82, 2.24) is 9.97 Å². The standard InChI is InChI=1S/C16H24N4/c1-10(2)14(11(3)4)8-18-16-13-7-12(17)5-6-15(13)19-9-20-16/h5-7,9-11,14H,8,17H2,1-4H3,(H,18,19,20). The number of hydrogen-bond donors (Lipinski definition) is 2. The molecule has 2 aromatic rings. The van der Waals surface area contributed by atoms with Crippen molar-refractivity contribution in [2.75, 3.05) is 17.6 Å². The van der Waals surface area contributed by atoms with Crippen LogP contribution < -0.4 is 11.1 Å². The van der Waals surface area contributed by atoms with E-state index in [2.05, 4.69) is 43.0 Å². The number of nitrogen functional groups attached to an aromatic ring is 1. The second-order valence-electron chi connectivity index (χ2n) is 6.03. The molecule has 3 N–H and O–H groups in total. The van der Waals surface area contributed by atoms with Gasteiger partial charge in [0.25, 0.3) is 0 Å². The van der Waals surface area contributed by atoms with Crippen LogP contribution in [0.15, 0.2) is 24.5 Å². The molecule has 0 spiro atoms. The zero-order valence-corrected chi connectivity index (χ0v) is 12.7. The van der Waals surface area contributed by atoms with Crippen LogP contribution in [0.5, 0.6) is 0 Å². The molecule has 0 radical (unpaired) electrons. The summed E-state index contributed by atoms with van der Waals surface area (Å²) in [5.74, 6) is 2.76. The average Bonchev–Trinajstić information content (AvgIpc) is 2.38. The van der Waals surface area contributed by atoms with Crippen LogP contribution in [-0.2, 0) is 0 Å². The van der Waals surface area contributed by atoms with Gasteiger partial charge in [-0.15, -0.1) is 0 Å². The Hall–Kier alpha value is -1.84. The van der Waals surface area contributed by atoms with Crippen LogP contribution in [0.25, 0.3) is 10.9 Å². The van der Waals surface area contributed by atoms with Gasteiger partial charge in [0.1, 0.15) is 12.1 Å². The van der Waals surface area contributed by atoms with E-state index in [1.807, 2.05) is 18.2 Å². The minimum atomic E-state index is 0.612. The number of nitrogens with one attached hydrogen (secondary N) is 1. The zero-order valence-electron chi connectivity index (χ0n) is 12.7. The Morgan fingerprint density at radius 3 is 2.45 bits per heavy atom. The predicted octanol–water partition coefficient (Wildman–Crippen LogP) is 3.55. The van der Waals surface area contributed by atoms with Gasteiger partial charge in [0.2, 0.25) is 0 Å². The van der Waals surface area contributed by atoms with E-state index in [0.717, 1.165) is 29.0 Å². The van der Waals surface area contributed by atoms with Crippen molar-refractivity contribution in [2.45, 2.75) is 27.7 Å². The van der Waals surface area contributed by atoms with Crippen LogP contribution in [0, 0.1) is 17.8 Å². The number of rotatable bonds is 5. The van der Waals surface area contributed by atoms with Gasteiger partial charge in [-0.05, 0) is 36.0 Å². The van der Waals surface area contributed by atoms with Gasteiger partial charge in [0.05, 0.1) is 5.52 Å². The second kappa shape index (κ2) is 6.07. The van der Waals surface area contributed by atoms with E-state index in [9.17, 15) is 0 Å². The summed E-state index contributed by atoms with van der Waals surface area (Å²) in [5.41, 5.74) is 7.52. The number of fused-ring (bicyclic) bond motifs is 1. The van der Waals surface area contributed by atoms with Crippen molar-refractivity contribution < 1.29 is 0 Å². The predicted molar refractivity (Wildman–Crippen MR) is 85.6 cm³/mol.